The number of aliphatic hydroxyl groups is 1. The first kappa shape index (κ1) is 18.2. The van der Waals surface area contributed by atoms with Crippen molar-refractivity contribution in [1.82, 2.24) is 4.90 Å². The number of ether oxygens (including phenoxy) is 1. The van der Waals surface area contributed by atoms with Gasteiger partial charge in [0.05, 0.1) is 17.7 Å². The Morgan fingerprint density at radius 2 is 2.04 bits per heavy atom. The maximum atomic E-state index is 12.8. The van der Waals surface area contributed by atoms with Crippen LogP contribution in [0.1, 0.15) is 29.3 Å². The maximum absolute atomic E-state index is 12.8. The molecule has 0 aliphatic carbocycles. The van der Waals surface area contributed by atoms with E-state index < -0.39 is 17.7 Å². The molecule has 0 bridgehead atoms. The van der Waals surface area contributed by atoms with Gasteiger partial charge >= 0.3 is 0 Å². The fourth-order valence-electron chi connectivity index (χ4n) is 3.58. The second-order valence-electron chi connectivity index (χ2n) is 6.61. The molecule has 2 aliphatic rings. The molecule has 1 aromatic carbocycles. The molecule has 0 spiro atoms. The minimum atomic E-state index is -0.668. The van der Waals surface area contributed by atoms with Crippen LogP contribution in [-0.4, -0.2) is 41.0 Å². The third-order valence-corrected chi connectivity index (χ3v) is 6.07. The number of likely N-dealkylation sites (tertiary alicyclic amines) is 1. The summed E-state index contributed by atoms with van der Waals surface area (Å²) < 4.78 is 5.66. The van der Waals surface area contributed by atoms with E-state index in [0.717, 1.165) is 17.7 Å². The van der Waals surface area contributed by atoms with E-state index in [1.165, 1.54) is 16.2 Å². The fourth-order valence-corrected chi connectivity index (χ4v) is 4.55. The largest absolute Gasteiger partial charge is 0.507 e. The number of ketones is 1. The SMILES string of the molecule is O=C1C(=O)N(C[C@@H]2CCCO2)[C@H](c2cccs2)/C1=C(\O)c1ccc(Cl)cc1. The van der Waals surface area contributed by atoms with Crippen LogP contribution in [0.2, 0.25) is 5.02 Å². The third kappa shape index (κ3) is 3.40. The van der Waals surface area contributed by atoms with Crippen LogP contribution in [0.15, 0.2) is 47.4 Å². The van der Waals surface area contributed by atoms with Gasteiger partial charge < -0.3 is 14.7 Å². The number of aliphatic hydroxyl groups excluding tert-OH is 1. The molecule has 2 aromatic rings. The molecule has 0 unspecified atom stereocenters. The van der Waals surface area contributed by atoms with E-state index in [-0.39, 0.29) is 17.4 Å². The van der Waals surface area contributed by atoms with Crippen molar-refractivity contribution in [2.24, 2.45) is 0 Å². The van der Waals surface area contributed by atoms with Gasteiger partial charge in [-0.25, -0.2) is 0 Å². The number of rotatable bonds is 4. The van der Waals surface area contributed by atoms with Gasteiger partial charge in [-0.3, -0.25) is 9.59 Å². The molecule has 0 saturated carbocycles. The molecular weight excluding hydrogens is 386 g/mol. The molecule has 5 nitrogen and oxygen atoms in total. The van der Waals surface area contributed by atoms with Gasteiger partial charge in [-0.1, -0.05) is 17.7 Å². The summed E-state index contributed by atoms with van der Waals surface area (Å²) >= 11 is 7.37. The molecule has 7 heteroatoms. The molecule has 1 N–H and O–H groups in total. The van der Waals surface area contributed by atoms with Gasteiger partial charge in [0.2, 0.25) is 0 Å². The van der Waals surface area contributed by atoms with Crippen molar-refractivity contribution in [1.29, 1.82) is 0 Å². The van der Waals surface area contributed by atoms with Gasteiger partial charge in [0.1, 0.15) is 5.76 Å². The standard InChI is InChI=1S/C20H18ClNO4S/c21-13-7-5-12(6-8-13)18(23)16-17(15-4-2-10-27-15)22(20(25)19(16)24)11-14-3-1-9-26-14/h2,4-8,10,14,17,23H,1,3,9,11H2/b18-16+/t14-,17+/m0/s1. The van der Waals surface area contributed by atoms with Crippen molar-refractivity contribution in [2.45, 2.75) is 25.0 Å². The summed E-state index contributed by atoms with van der Waals surface area (Å²) in [7, 11) is 0. The molecule has 2 saturated heterocycles. The number of carbonyl (C=O) groups excluding carboxylic acids is 2. The summed E-state index contributed by atoms with van der Waals surface area (Å²) in [5, 5.41) is 13.3. The average Bonchev–Trinajstić information content (AvgIpc) is 3.40. The Morgan fingerprint density at radius 1 is 1.26 bits per heavy atom. The number of amides is 1. The molecule has 4 rings (SSSR count). The number of nitrogens with zero attached hydrogens (tertiary/aromatic N) is 1. The van der Waals surface area contributed by atoms with Crippen LogP contribution in [0.25, 0.3) is 5.76 Å². The van der Waals surface area contributed by atoms with Crippen LogP contribution < -0.4 is 0 Å². The van der Waals surface area contributed by atoms with Crippen molar-refractivity contribution in [3.63, 3.8) is 0 Å². The lowest BCUT2D eigenvalue weighted by Crippen LogP contribution is -2.36. The van der Waals surface area contributed by atoms with Crippen LogP contribution in [0.5, 0.6) is 0 Å². The normalized spacial score (nSPS) is 24.7. The minimum absolute atomic E-state index is 0.0822. The highest BCUT2D eigenvalue weighted by Gasteiger charge is 2.47. The van der Waals surface area contributed by atoms with Crippen molar-refractivity contribution in [2.75, 3.05) is 13.2 Å². The summed E-state index contributed by atoms with van der Waals surface area (Å²) in [6, 6.07) is 9.68. The number of benzene rings is 1. The van der Waals surface area contributed by atoms with E-state index >= 15 is 0 Å². The topological polar surface area (TPSA) is 66.8 Å². The second-order valence-corrected chi connectivity index (χ2v) is 8.02. The maximum Gasteiger partial charge on any atom is 0.295 e. The van der Waals surface area contributed by atoms with E-state index in [9.17, 15) is 14.7 Å². The Labute approximate surface area is 165 Å². The number of thiophene rings is 1. The van der Waals surface area contributed by atoms with E-state index in [4.69, 9.17) is 16.3 Å². The predicted molar refractivity (Wildman–Crippen MR) is 104 cm³/mol. The Bertz CT molecular complexity index is 885. The molecule has 2 aliphatic heterocycles. The summed E-state index contributed by atoms with van der Waals surface area (Å²) in [5.41, 5.74) is 0.568. The number of Topliss-reactive ketones (excluding diaryl/α,β-unsaturated/α-hetero) is 1. The molecule has 2 atom stereocenters. The minimum Gasteiger partial charge on any atom is -0.507 e. The van der Waals surface area contributed by atoms with Crippen molar-refractivity contribution >= 4 is 40.4 Å². The van der Waals surface area contributed by atoms with Crippen LogP contribution in [0.4, 0.5) is 0 Å². The van der Waals surface area contributed by atoms with E-state index in [1.54, 1.807) is 24.3 Å². The fraction of sp³-hybridized carbons (Fsp3) is 0.300. The van der Waals surface area contributed by atoms with Crippen LogP contribution in [0.3, 0.4) is 0 Å². The van der Waals surface area contributed by atoms with Gasteiger partial charge in [-0.2, -0.15) is 0 Å². The highest BCUT2D eigenvalue weighted by molar-refractivity contribution is 7.10. The molecule has 2 fully saturated rings. The van der Waals surface area contributed by atoms with Gasteiger partial charge in [-0.05, 0) is 48.6 Å². The van der Waals surface area contributed by atoms with Gasteiger partial charge in [0, 0.05) is 28.6 Å². The first-order valence-electron chi connectivity index (χ1n) is 8.75. The van der Waals surface area contributed by atoms with E-state index in [2.05, 4.69) is 0 Å². The first-order chi connectivity index (χ1) is 13.1. The summed E-state index contributed by atoms with van der Waals surface area (Å²) in [5.74, 6) is -1.45. The molecule has 0 radical (unpaired) electrons. The molecule has 140 valence electrons. The average molecular weight is 404 g/mol. The summed E-state index contributed by atoms with van der Waals surface area (Å²) in [6.45, 7) is 1.01. The number of carbonyl (C=O) groups is 2. The van der Waals surface area contributed by atoms with Crippen molar-refractivity contribution in [3.8, 4) is 0 Å². The Balaban J connectivity index is 1.78. The zero-order chi connectivity index (χ0) is 19.0. The molecule has 1 amide bonds. The Kier molecular flexibility index (Phi) is 5.04. The Hall–Kier alpha value is -2.15. The Morgan fingerprint density at radius 3 is 2.67 bits per heavy atom. The smallest absolute Gasteiger partial charge is 0.295 e. The summed E-state index contributed by atoms with van der Waals surface area (Å²) in [4.78, 5) is 27.9. The quantitative estimate of drug-likeness (QED) is 0.476. The second kappa shape index (κ2) is 7.46. The van der Waals surface area contributed by atoms with E-state index in [1.807, 2.05) is 17.5 Å². The number of hydrogen-bond donors (Lipinski definition) is 1. The third-order valence-electron chi connectivity index (χ3n) is 4.89. The first-order valence-corrected chi connectivity index (χ1v) is 10.0. The highest BCUT2D eigenvalue weighted by Crippen LogP contribution is 2.41. The summed E-state index contributed by atoms with van der Waals surface area (Å²) in [6.07, 6.45) is 1.72. The zero-order valence-corrected chi connectivity index (χ0v) is 16.0. The lowest BCUT2D eigenvalue weighted by atomic mass is 10.00. The van der Waals surface area contributed by atoms with Gasteiger partial charge in [-0.15, -0.1) is 11.3 Å². The van der Waals surface area contributed by atoms with Crippen molar-refractivity contribution < 1.29 is 19.4 Å². The lowest BCUT2D eigenvalue weighted by molar-refractivity contribution is -0.140. The number of hydrogen-bond acceptors (Lipinski definition) is 5. The van der Waals surface area contributed by atoms with Crippen LogP contribution in [0, 0.1) is 0 Å². The number of halogens is 1. The molecule has 3 heterocycles. The highest BCUT2D eigenvalue weighted by atomic mass is 35.5. The van der Waals surface area contributed by atoms with Gasteiger partial charge in [0.25, 0.3) is 11.7 Å². The van der Waals surface area contributed by atoms with Crippen LogP contribution in [-0.2, 0) is 14.3 Å². The molecular formula is C20H18ClNO4S. The molecule has 1 aromatic heterocycles. The predicted octanol–water partition coefficient (Wildman–Crippen LogP) is 4.00. The zero-order valence-electron chi connectivity index (χ0n) is 14.4. The van der Waals surface area contributed by atoms with E-state index in [0.29, 0.717) is 23.7 Å². The molecule has 27 heavy (non-hydrogen) atoms. The lowest BCUT2D eigenvalue weighted by Gasteiger charge is -2.26. The van der Waals surface area contributed by atoms with Crippen molar-refractivity contribution in [3.05, 3.63) is 62.8 Å². The monoisotopic (exact) mass is 403 g/mol. The van der Waals surface area contributed by atoms with Gasteiger partial charge in [0.15, 0.2) is 0 Å². The van der Waals surface area contributed by atoms with Crippen LogP contribution >= 0.6 is 22.9 Å².